The van der Waals surface area contributed by atoms with Crippen molar-refractivity contribution < 1.29 is 33.1 Å². The molecule has 9 nitrogen and oxygen atoms in total. The first-order chi connectivity index (χ1) is 15.3. The number of furan rings is 1. The van der Waals surface area contributed by atoms with Gasteiger partial charge in [-0.25, -0.2) is 9.59 Å². The third-order valence-corrected chi connectivity index (χ3v) is 5.48. The molecule has 0 aliphatic rings. The van der Waals surface area contributed by atoms with Crippen LogP contribution in [0.15, 0.2) is 47.1 Å². The van der Waals surface area contributed by atoms with Crippen molar-refractivity contribution in [2.45, 2.75) is 13.8 Å². The van der Waals surface area contributed by atoms with Crippen LogP contribution in [0.4, 0.5) is 10.7 Å². The molecule has 32 heavy (non-hydrogen) atoms. The molecule has 0 spiro atoms. The van der Waals surface area contributed by atoms with Gasteiger partial charge >= 0.3 is 11.9 Å². The van der Waals surface area contributed by atoms with E-state index in [1.807, 2.05) is 0 Å². The molecule has 0 saturated heterocycles. The topological polar surface area (TPSA) is 124 Å². The quantitative estimate of drug-likeness (QED) is 0.518. The van der Waals surface area contributed by atoms with Crippen LogP contribution in [-0.4, -0.2) is 37.5 Å². The number of ether oxygens (including phenoxy) is 2. The smallest absolute Gasteiger partial charge is 0.349 e. The summed E-state index contributed by atoms with van der Waals surface area (Å²) >= 11 is 1.03. The fourth-order valence-corrected chi connectivity index (χ4v) is 3.67. The third-order valence-electron chi connectivity index (χ3n) is 4.35. The van der Waals surface area contributed by atoms with Crippen LogP contribution in [0.5, 0.6) is 0 Å². The number of methoxy groups -OCH3 is 1. The number of thiophene rings is 1. The van der Waals surface area contributed by atoms with Crippen LogP contribution in [0.3, 0.4) is 0 Å². The summed E-state index contributed by atoms with van der Waals surface area (Å²) in [6.45, 7) is 2.93. The second kappa shape index (κ2) is 9.92. The summed E-state index contributed by atoms with van der Waals surface area (Å²) in [5, 5.41) is 5.69. The van der Waals surface area contributed by atoms with Gasteiger partial charge in [0.05, 0.1) is 23.9 Å². The highest BCUT2D eigenvalue weighted by molar-refractivity contribution is 7.18. The Morgan fingerprint density at radius 2 is 1.78 bits per heavy atom. The highest BCUT2D eigenvalue weighted by Gasteiger charge is 2.19. The van der Waals surface area contributed by atoms with Gasteiger partial charge in [-0.2, -0.15) is 0 Å². The van der Waals surface area contributed by atoms with Crippen molar-refractivity contribution in [2.75, 3.05) is 24.4 Å². The Kier molecular flexibility index (Phi) is 7.06. The van der Waals surface area contributed by atoms with Gasteiger partial charge in [0.15, 0.2) is 12.4 Å². The number of amides is 2. The molecule has 0 fully saturated rings. The van der Waals surface area contributed by atoms with Gasteiger partial charge in [-0.1, -0.05) is 6.07 Å². The number of rotatable bonds is 7. The van der Waals surface area contributed by atoms with Gasteiger partial charge < -0.3 is 24.5 Å². The number of nitrogens with one attached hydrogen (secondary N) is 2. The van der Waals surface area contributed by atoms with E-state index in [2.05, 4.69) is 15.4 Å². The zero-order chi connectivity index (χ0) is 23.3. The van der Waals surface area contributed by atoms with E-state index < -0.39 is 30.4 Å². The van der Waals surface area contributed by atoms with Crippen LogP contribution in [-0.2, 0) is 14.3 Å². The standard InChI is InChI=1S/C22H20N2O7S/c1-12-6-7-14(21(27)29-3)10-15(12)23-17(25)11-31-22(28)19-13(2)9-18(32-19)24-20(26)16-5-4-8-30-16/h4-10H,11H2,1-3H3,(H,23,25)(H,24,26). The molecule has 2 heterocycles. The number of benzene rings is 1. The number of hydrogen-bond acceptors (Lipinski definition) is 8. The molecular weight excluding hydrogens is 436 g/mol. The maximum Gasteiger partial charge on any atom is 0.349 e. The number of hydrogen-bond donors (Lipinski definition) is 2. The Balaban J connectivity index is 1.59. The van der Waals surface area contributed by atoms with E-state index in [0.29, 0.717) is 16.3 Å². The molecule has 1 aromatic carbocycles. The molecular formula is C22H20N2O7S. The van der Waals surface area contributed by atoms with Gasteiger partial charge in [0.25, 0.3) is 11.8 Å². The summed E-state index contributed by atoms with van der Waals surface area (Å²) in [4.78, 5) is 48.7. The van der Waals surface area contributed by atoms with Crippen LogP contribution in [0.1, 0.15) is 41.7 Å². The predicted octanol–water partition coefficient (Wildman–Crippen LogP) is 3.79. The van der Waals surface area contributed by atoms with Crippen LogP contribution < -0.4 is 10.6 Å². The zero-order valence-electron chi connectivity index (χ0n) is 17.5. The van der Waals surface area contributed by atoms with Gasteiger partial charge in [0.1, 0.15) is 4.88 Å². The van der Waals surface area contributed by atoms with Crippen molar-refractivity contribution in [2.24, 2.45) is 0 Å². The Morgan fingerprint density at radius 1 is 1.00 bits per heavy atom. The first-order valence-corrected chi connectivity index (χ1v) is 10.2. The number of carbonyl (C=O) groups excluding carboxylic acids is 4. The van der Waals surface area contributed by atoms with Gasteiger partial charge in [-0.05, 0) is 55.3 Å². The average Bonchev–Trinajstić information content (AvgIpc) is 3.43. The largest absolute Gasteiger partial charge is 0.465 e. The summed E-state index contributed by atoms with van der Waals surface area (Å²) in [6, 6.07) is 9.48. The van der Waals surface area contributed by atoms with E-state index in [0.717, 1.165) is 16.9 Å². The Morgan fingerprint density at radius 3 is 2.47 bits per heavy atom. The fraction of sp³-hybridized carbons (Fsp3) is 0.182. The lowest BCUT2D eigenvalue weighted by molar-refractivity contribution is -0.119. The molecule has 0 unspecified atom stereocenters. The molecule has 0 atom stereocenters. The lowest BCUT2D eigenvalue weighted by Gasteiger charge is -2.10. The van der Waals surface area contributed by atoms with E-state index in [-0.39, 0.29) is 16.2 Å². The summed E-state index contributed by atoms with van der Waals surface area (Å²) in [5.41, 5.74) is 2.01. The average molecular weight is 456 g/mol. The lowest BCUT2D eigenvalue weighted by atomic mass is 10.1. The monoisotopic (exact) mass is 456 g/mol. The first kappa shape index (κ1) is 22.8. The van der Waals surface area contributed by atoms with E-state index in [4.69, 9.17) is 9.15 Å². The summed E-state index contributed by atoms with van der Waals surface area (Å²) in [6.07, 6.45) is 1.38. The normalized spacial score (nSPS) is 10.3. The minimum absolute atomic E-state index is 0.142. The molecule has 166 valence electrons. The van der Waals surface area contributed by atoms with E-state index in [1.165, 1.54) is 25.5 Å². The second-order valence-corrected chi connectivity index (χ2v) is 7.75. The van der Waals surface area contributed by atoms with Crippen molar-refractivity contribution in [3.63, 3.8) is 0 Å². The maximum absolute atomic E-state index is 12.4. The van der Waals surface area contributed by atoms with Crippen LogP contribution >= 0.6 is 11.3 Å². The number of aryl methyl sites for hydroxylation is 2. The van der Waals surface area contributed by atoms with Crippen molar-refractivity contribution in [3.05, 3.63) is 70.0 Å². The maximum atomic E-state index is 12.4. The minimum atomic E-state index is -0.693. The van der Waals surface area contributed by atoms with Crippen molar-refractivity contribution in [1.29, 1.82) is 0 Å². The second-order valence-electron chi connectivity index (χ2n) is 6.70. The third kappa shape index (κ3) is 5.41. The van der Waals surface area contributed by atoms with Crippen LogP contribution in [0.25, 0.3) is 0 Å². The Bertz CT molecular complexity index is 1170. The molecule has 0 saturated carbocycles. The van der Waals surface area contributed by atoms with Gasteiger partial charge in [-0.3, -0.25) is 9.59 Å². The van der Waals surface area contributed by atoms with E-state index >= 15 is 0 Å². The van der Waals surface area contributed by atoms with Crippen molar-refractivity contribution in [1.82, 2.24) is 0 Å². The Labute approximate surface area is 187 Å². The molecule has 10 heteroatoms. The van der Waals surface area contributed by atoms with E-state index in [9.17, 15) is 19.2 Å². The van der Waals surface area contributed by atoms with Gasteiger partial charge in [0, 0.05) is 5.69 Å². The lowest BCUT2D eigenvalue weighted by Crippen LogP contribution is -2.21. The Hall–Kier alpha value is -3.92. The molecule has 0 aliphatic heterocycles. The minimum Gasteiger partial charge on any atom is -0.465 e. The number of esters is 2. The molecule has 0 bridgehead atoms. The zero-order valence-corrected chi connectivity index (χ0v) is 18.3. The van der Waals surface area contributed by atoms with Crippen molar-refractivity contribution >= 4 is 45.8 Å². The predicted molar refractivity (Wildman–Crippen MR) is 117 cm³/mol. The van der Waals surface area contributed by atoms with Crippen LogP contribution in [0, 0.1) is 13.8 Å². The van der Waals surface area contributed by atoms with Crippen molar-refractivity contribution in [3.8, 4) is 0 Å². The first-order valence-electron chi connectivity index (χ1n) is 9.39. The van der Waals surface area contributed by atoms with E-state index in [1.54, 1.807) is 38.1 Å². The summed E-state index contributed by atoms with van der Waals surface area (Å²) < 4.78 is 14.8. The number of carbonyl (C=O) groups is 4. The fourth-order valence-electron chi connectivity index (χ4n) is 2.71. The SMILES string of the molecule is COC(=O)c1ccc(C)c(NC(=O)COC(=O)c2sc(NC(=O)c3ccco3)cc2C)c1. The highest BCUT2D eigenvalue weighted by Crippen LogP contribution is 2.28. The number of anilines is 2. The molecule has 2 aromatic heterocycles. The molecule has 2 amide bonds. The molecule has 0 radical (unpaired) electrons. The summed E-state index contributed by atoms with van der Waals surface area (Å²) in [7, 11) is 1.26. The molecule has 0 aliphatic carbocycles. The van der Waals surface area contributed by atoms with Crippen LogP contribution in [0.2, 0.25) is 0 Å². The summed E-state index contributed by atoms with van der Waals surface area (Å²) in [5.74, 6) is -2.09. The van der Waals surface area contributed by atoms with Gasteiger partial charge in [-0.15, -0.1) is 11.3 Å². The molecule has 2 N–H and O–H groups in total. The molecule has 3 aromatic rings. The molecule has 3 rings (SSSR count). The van der Waals surface area contributed by atoms with Gasteiger partial charge in [0.2, 0.25) is 0 Å². The highest BCUT2D eigenvalue weighted by atomic mass is 32.1.